The Morgan fingerprint density at radius 3 is 2.43 bits per heavy atom. The van der Waals surface area contributed by atoms with Gasteiger partial charge < -0.3 is 9.47 Å². The van der Waals surface area contributed by atoms with Crippen LogP contribution in [-0.2, 0) is 0 Å². The molecule has 0 bridgehead atoms. The summed E-state index contributed by atoms with van der Waals surface area (Å²) in [5.41, 5.74) is 0.290. The van der Waals surface area contributed by atoms with E-state index in [0.717, 1.165) is 0 Å². The van der Waals surface area contributed by atoms with Crippen molar-refractivity contribution < 1.29 is 19.2 Å². The molecule has 0 spiro atoms. The summed E-state index contributed by atoms with van der Waals surface area (Å²) in [5, 5.41) is 11.0. The van der Waals surface area contributed by atoms with Gasteiger partial charge in [0.1, 0.15) is 5.75 Å². The summed E-state index contributed by atoms with van der Waals surface area (Å²) in [4.78, 5) is 22.8. The number of nitro benzene ring substituents is 1. The smallest absolute Gasteiger partial charge is 0.310 e. The predicted molar refractivity (Wildman–Crippen MR) is 85.1 cm³/mol. The fourth-order valence-electron chi connectivity index (χ4n) is 2.07. The monoisotopic (exact) mass is 315 g/mol. The van der Waals surface area contributed by atoms with Gasteiger partial charge in [-0.05, 0) is 44.2 Å². The molecule has 2 aromatic rings. The molecule has 0 unspecified atom stereocenters. The van der Waals surface area contributed by atoms with Crippen LogP contribution >= 0.6 is 0 Å². The lowest BCUT2D eigenvalue weighted by Crippen LogP contribution is -2.24. The predicted octanol–water partition coefficient (Wildman–Crippen LogP) is 3.64. The van der Waals surface area contributed by atoms with E-state index in [0.29, 0.717) is 17.9 Å². The number of ketones is 1. The molecular formula is C17H17NO5. The number of carbonyl (C=O) groups excluding carboxylic acids is 1. The van der Waals surface area contributed by atoms with Crippen LogP contribution in [-0.4, -0.2) is 23.4 Å². The number of nitro groups is 1. The van der Waals surface area contributed by atoms with Gasteiger partial charge in [-0.2, -0.15) is 0 Å². The number of para-hydroxylation sites is 2. The summed E-state index contributed by atoms with van der Waals surface area (Å²) < 4.78 is 10.8. The summed E-state index contributed by atoms with van der Waals surface area (Å²) in [6.07, 6.45) is -0.839. The van der Waals surface area contributed by atoms with Gasteiger partial charge in [0.05, 0.1) is 11.5 Å². The molecule has 0 saturated heterocycles. The number of nitrogens with zero attached hydrogens (tertiary/aromatic N) is 1. The lowest BCUT2D eigenvalue weighted by Gasteiger charge is -2.14. The molecule has 2 aromatic carbocycles. The third kappa shape index (κ3) is 4.06. The third-order valence-electron chi connectivity index (χ3n) is 3.18. The van der Waals surface area contributed by atoms with Crippen LogP contribution in [0.4, 0.5) is 5.69 Å². The van der Waals surface area contributed by atoms with Crippen LogP contribution < -0.4 is 9.47 Å². The molecule has 0 heterocycles. The van der Waals surface area contributed by atoms with Gasteiger partial charge in [-0.25, -0.2) is 0 Å². The van der Waals surface area contributed by atoms with Gasteiger partial charge in [-0.3, -0.25) is 14.9 Å². The molecule has 23 heavy (non-hydrogen) atoms. The van der Waals surface area contributed by atoms with Gasteiger partial charge in [-0.1, -0.05) is 12.1 Å². The number of ether oxygens (including phenoxy) is 2. The highest BCUT2D eigenvalue weighted by molar-refractivity contribution is 5.99. The SMILES string of the molecule is CCOc1ccc(C(=O)[C@H](C)Oc2ccccc2[N+](=O)[O-])cc1. The number of Topliss-reactive ketones (excluding diaryl/α,β-unsaturated/α-hetero) is 1. The Kier molecular flexibility index (Phi) is 5.30. The summed E-state index contributed by atoms with van der Waals surface area (Å²) >= 11 is 0. The van der Waals surface area contributed by atoms with Gasteiger partial charge in [0.25, 0.3) is 0 Å². The van der Waals surface area contributed by atoms with Gasteiger partial charge in [-0.15, -0.1) is 0 Å². The second-order valence-corrected chi connectivity index (χ2v) is 4.81. The van der Waals surface area contributed by atoms with E-state index < -0.39 is 11.0 Å². The molecule has 0 fully saturated rings. The van der Waals surface area contributed by atoms with Gasteiger partial charge in [0, 0.05) is 11.6 Å². The normalized spacial score (nSPS) is 11.6. The molecule has 6 nitrogen and oxygen atoms in total. The van der Waals surface area contributed by atoms with Crippen LogP contribution in [0.5, 0.6) is 11.5 Å². The van der Waals surface area contributed by atoms with Crippen molar-refractivity contribution in [2.45, 2.75) is 20.0 Å². The van der Waals surface area contributed by atoms with Crippen LogP contribution in [0.2, 0.25) is 0 Å². The molecule has 0 aliphatic rings. The maximum Gasteiger partial charge on any atom is 0.310 e. The highest BCUT2D eigenvalue weighted by Gasteiger charge is 2.21. The van der Waals surface area contributed by atoms with E-state index in [1.807, 2.05) is 6.92 Å². The van der Waals surface area contributed by atoms with Crippen molar-refractivity contribution in [3.05, 3.63) is 64.2 Å². The first-order valence-electron chi connectivity index (χ1n) is 7.20. The quantitative estimate of drug-likeness (QED) is 0.443. The summed E-state index contributed by atoms with van der Waals surface area (Å²) in [5.74, 6) is 0.492. The topological polar surface area (TPSA) is 78.7 Å². The van der Waals surface area contributed by atoms with Gasteiger partial charge in [0.15, 0.2) is 11.9 Å². The van der Waals surface area contributed by atoms with Crippen molar-refractivity contribution in [3.63, 3.8) is 0 Å². The van der Waals surface area contributed by atoms with Gasteiger partial charge >= 0.3 is 5.69 Å². The standard InChI is InChI=1S/C17H17NO5/c1-3-22-14-10-8-13(9-11-14)17(19)12(2)23-16-7-5-4-6-15(16)18(20)21/h4-12H,3H2,1-2H3/t12-/m0/s1. The second-order valence-electron chi connectivity index (χ2n) is 4.81. The van der Waals surface area contributed by atoms with Crippen LogP contribution in [0.1, 0.15) is 24.2 Å². The van der Waals surface area contributed by atoms with Gasteiger partial charge in [0.2, 0.25) is 5.78 Å². The van der Waals surface area contributed by atoms with E-state index in [2.05, 4.69) is 0 Å². The Balaban J connectivity index is 2.12. The first-order chi connectivity index (χ1) is 11.0. The van der Waals surface area contributed by atoms with E-state index in [-0.39, 0.29) is 17.2 Å². The highest BCUT2D eigenvalue weighted by Crippen LogP contribution is 2.27. The molecular weight excluding hydrogens is 298 g/mol. The maximum absolute atomic E-state index is 12.4. The Bertz CT molecular complexity index is 696. The zero-order chi connectivity index (χ0) is 16.8. The van der Waals surface area contributed by atoms with Crippen molar-refractivity contribution >= 4 is 11.5 Å². The lowest BCUT2D eigenvalue weighted by molar-refractivity contribution is -0.386. The number of benzene rings is 2. The van der Waals surface area contributed by atoms with E-state index in [1.54, 1.807) is 43.3 Å². The van der Waals surface area contributed by atoms with E-state index in [4.69, 9.17) is 9.47 Å². The molecule has 120 valence electrons. The van der Waals surface area contributed by atoms with Crippen LogP contribution in [0.25, 0.3) is 0 Å². The molecule has 2 rings (SSSR count). The van der Waals surface area contributed by atoms with Crippen LogP contribution in [0, 0.1) is 10.1 Å². The molecule has 6 heteroatoms. The number of rotatable bonds is 7. The second kappa shape index (κ2) is 7.40. The van der Waals surface area contributed by atoms with E-state index in [1.165, 1.54) is 12.1 Å². The fourth-order valence-corrected chi connectivity index (χ4v) is 2.07. The maximum atomic E-state index is 12.4. The Hall–Kier alpha value is -2.89. The molecule has 1 atom stereocenters. The number of hydrogen-bond donors (Lipinski definition) is 0. The molecule has 0 N–H and O–H groups in total. The van der Waals surface area contributed by atoms with Crippen molar-refractivity contribution in [1.82, 2.24) is 0 Å². The average Bonchev–Trinajstić information content (AvgIpc) is 2.55. The number of hydrogen-bond acceptors (Lipinski definition) is 5. The Morgan fingerprint density at radius 1 is 1.17 bits per heavy atom. The minimum Gasteiger partial charge on any atom is -0.494 e. The van der Waals surface area contributed by atoms with E-state index in [9.17, 15) is 14.9 Å². The zero-order valence-corrected chi connectivity index (χ0v) is 12.9. The van der Waals surface area contributed by atoms with Crippen molar-refractivity contribution in [2.75, 3.05) is 6.61 Å². The molecule has 0 aromatic heterocycles. The summed E-state index contributed by atoms with van der Waals surface area (Å²) in [6.45, 7) is 3.99. The Morgan fingerprint density at radius 2 is 1.83 bits per heavy atom. The summed E-state index contributed by atoms with van der Waals surface area (Å²) in [7, 11) is 0. The number of carbonyl (C=O) groups is 1. The fraction of sp³-hybridized carbons (Fsp3) is 0.235. The molecule has 0 saturated carbocycles. The molecule has 0 aliphatic carbocycles. The molecule has 0 radical (unpaired) electrons. The highest BCUT2D eigenvalue weighted by atomic mass is 16.6. The molecule has 0 aliphatic heterocycles. The van der Waals surface area contributed by atoms with Crippen molar-refractivity contribution in [3.8, 4) is 11.5 Å². The van der Waals surface area contributed by atoms with E-state index >= 15 is 0 Å². The average molecular weight is 315 g/mol. The minimum absolute atomic E-state index is 0.0734. The van der Waals surface area contributed by atoms with Crippen LogP contribution in [0.15, 0.2) is 48.5 Å². The first-order valence-corrected chi connectivity index (χ1v) is 7.20. The van der Waals surface area contributed by atoms with Crippen LogP contribution in [0.3, 0.4) is 0 Å². The summed E-state index contributed by atoms with van der Waals surface area (Å²) in [6, 6.07) is 12.7. The zero-order valence-electron chi connectivity index (χ0n) is 12.9. The minimum atomic E-state index is -0.839. The molecule has 0 amide bonds. The lowest BCUT2D eigenvalue weighted by atomic mass is 10.1. The Labute approximate surface area is 133 Å². The first kappa shape index (κ1) is 16.5. The largest absolute Gasteiger partial charge is 0.494 e. The third-order valence-corrected chi connectivity index (χ3v) is 3.18. The van der Waals surface area contributed by atoms with Crippen molar-refractivity contribution in [1.29, 1.82) is 0 Å². The van der Waals surface area contributed by atoms with Crippen molar-refractivity contribution in [2.24, 2.45) is 0 Å².